The number of nitrogens with zero attached hydrogens (tertiary/aromatic N) is 4. The molecule has 0 fully saturated rings. The fourth-order valence-electron chi connectivity index (χ4n) is 2.95. The van der Waals surface area contributed by atoms with Gasteiger partial charge in [-0.3, -0.25) is 14.3 Å². The third kappa shape index (κ3) is 4.85. The van der Waals surface area contributed by atoms with Gasteiger partial charge in [-0.15, -0.1) is 10.2 Å². The molecule has 0 radical (unpaired) electrons. The smallest absolute Gasteiger partial charge is 0.319 e. The second-order valence-electron chi connectivity index (χ2n) is 7.02. The average molecular weight is 411 g/mol. The number of rotatable bonds is 8. The molecule has 1 aromatic carbocycles. The van der Waals surface area contributed by atoms with Gasteiger partial charge in [0.15, 0.2) is 11.0 Å². The van der Waals surface area contributed by atoms with Crippen molar-refractivity contribution in [3.8, 4) is 17.1 Å². The van der Waals surface area contributed by atoms with Crippen LogP contribution in [0.3, 0.4) is 0 Å². The summed E-state index contributed by atoms with van der Waals surface area (Å²) in [6.45, 7) is 8.55. The molecule has 0 aliphatic carbocycles. The van der Waals surface area contributed by atoms with Crippen LogP contribution in [0.15, 0.2) is 53.9 Å². The Kier molecular flexibility index (Phi) is 7.04. The summed E-state index contributed by atoms with van der Waals surface area (Å²) in [4.78, 5) is 16.5. The molecule has 1 atom stereocenters. The number of hydrogen-bond acceptors (Lipinski definition) is 6. The molecular weight excluding hydrogens is 384 g/mol. The van der Waals surface area contributed by atoms with Crippen LogP contribution in [0.2, 0.25) is 0 Å². The topological polar surface area (TPSA) is 69.9 Å². The Morgan fingerprint density at radius 2 is 1.93 bits per heavy atom. The van der Waals surface area contributed by atoms with E-state index in [1.165, 1.54) is 17.3 Å². The molecule has 3 rings (SSSR count). The van der Waals surface area contributed by atoms with Crippen LogP contribution in [0.1, 0.15) is 45.6 Å². The summed E-state index contributed by atoms with van der Waals surface area (Å²) < 4.78 is 7.31. The average Bonchev–Trinajstić information content (AvgIpc) is 3.15. The zero-order chi connectivity index (χ0) is 20.8. The molecule has 0 saturated heterocycles. The molecule has 0 spiro atoms. The van der Waals surface area contributed by atoms with Crippen LogP contribution in [-0.4, -0.2) is 37.6 Å². The highest BCUT2D eigenvalue weighted by Crippen LogP contribution is 2.33. The first-order valence-corrected chi connectivity index (χ1v) is 10.7. The van der Waals surface area contributed by atoms with Crippen LogP contribution >= 0.6 is 11.8 Å². The van der Waals surface area contributed by atoms with E-state index < -0.39 is 5.25 Å². The molecule has 3 aromatic rings. The number of carbonyl (C=O) groups excluding carboxylic acids is 1. The number of pyridine rings is 1. The minimum atomic E-state index is -0.391. The highest BCUT2D eigenvalue weighted by Gasteiger charge is 2.24. The summed E-state index contributed by atoms with van der Waals surface area (Å²) in [6, 6.07) is 12.0. The molecule has 6 nitrogen and oxygen atoms in total. The molecule has 0 aliphatic rings. The van der Waals surface area contributed by atoms with Crippen molar-refractivity contribution < 1.29 is 9.53 Å². The third-order valence-corrected chi connectivity index (χ3v) is 5.44. The van der Waals surface area contributed by atoms with Gasteiger partial charge in [-0.25, -0.2) is 0 Å². The summed E-state index contributed by atoms with van der Waals surface area (Å²) in [5.41, 5.74) is 3.05. The predicted octanol–water partition coefficient (Wildman–Crippen LogP) is 4.89. The lowest BCUT2D eigenvalue weighted by Crippen LogP contribution is -2.18. The first-order valence-electron chi connectivity index (χ1n) is 9.81. The molecule has 2 heterocycles. The second kappa shape index (κ2) is 9.69. The van der Waals surface area contributed by atoms with Crippen molar-refractivity contribution in [2.45, 2.75) is 50.4 Å². The van der Waals surface area contributed by atoms with Crippen molar-refractivity contribution in [2.24, 2.45) is 0 Å². The van der Waals surface area contributed by atoms with E-state index in [1.807, 2.05) is 42.7 Å². The molecule has 29 heavy (non-hydrogen) atoms. The fourth-order valence-corrected chi connectivity index (χ4v) is 3.81. The maximum absolute atomic E-state index is 12.3. The summed E-state index contributed by atoms with van der Waals surface area (Å²) in [7, 11) is 0. The lowest BCUT2D eigenvalue weighted by Gasteiger charge is -2.18. The second-order valence-corrected chi connectivity index (χ2v) is 8.33. The third-order valence-electron chi connectivity index (χ3n) is 4.42. The first-order chi connectivity index (χ1) is 14.0. The summed E-state index contributed by atoms with van der Waals surface area (Å²) in [5, 5.41) is 9.11. The monoisotopic (exact) mass is 410 g/mol. The van der Waals surface area contributed by atoms with Gasteiger partial charge in [-0.05, 0) is 43.0 Å². The molecule has 7 heteroatoms. The largest absolute Gasteiger partial charge is 0.465 e. The zero-order valence-electron chi connectivity index (χ0n) is 17.2. The van der Waals surface area contributed by atoms with Crippen molar-refractivity contribution in [3.05, 3.63) is 54.4 Å². The van der Waals surface area contributed by atoms with Gasteiger partial charge >= 0.3 is 5.97 Å². The fraction of sp³-hybridized carbons (Fsp3) is 0.364. The molecule has 0 amide bonds. The molecule has 0 aliphatic heterocycles. The molecule has 2 aromatic heterocycles. The zero-order valence-corrected chi connectivity index (χ0v) is 18.0. The van der Waals surface area contributed by atoms with E-state index in [-0.39, 0.29) is 5.97 Å². The van der Waals surface area contributed by atoms with Crippen LogP contribution in [0.4, 0.5) is 0 Å². The van der Waals surface area contributed by atoms with Crippen molar-refractivity contribution in [1.82, 2.24) is 19.7 Å². The quantitative estimate of drug-likeness (QED) is 0.389. The number of thioether (sulfide) groups is 1. The van der Waals surface area contributed by atoms with Gasteiger partial charge in [0.1, 0.15) is 5.25 Å². The Labute approximate surface area is 175 Å². The molecule has 1 unspecified atom stereocenters. The van der Waals surface area contributed by atoms with Gasteiger partial charge in [0.25, 0.3) is 0 Å². The van der Waals surface area contributed by atoms with Crippen molar-refractivity contribution in [3.63, 3.8) is 0 Å². The lowest BCUT2D eigenvalue weighted by atomic mass is 10.0. The SMILES string of the molecule is CCCOC(=O)C(C)Sc1nnc(-c2cccnc2)n1-c1ccccc1C(C)C. The normalized spacial score (nSPS) is 12.2. The highest BCUT2D eigenvalue weighted by molar-refractivity contribution is 8.00. The Morgan fingerprint density at radius 1 is 1.14 bits per heavy atom. The van der Waals surface area contributed by atoms with Gasteiger partial charge < -0.3 is 4.74 Å². The first kappa shape index (κ1) is 21.0. The Bertz CT molecular complexity index is 956. The number of aromatic nitrogens is 4. The van der Waals surface area contributed by atoms with Crippen LogP contribution < -0.4 is 0 Å². The number of para-hydroxylation sites is 1. The summed E-state index contributed by atoms with van der Waals surface area (Å²) in [6.07, 6.45) is 4.30. The maximum Gasteiger partial charge on any atom is 0.319 e. The highest BCUT2D eigenvalue weighted by atomic mass is 32.2. The number of esters is 1. The summed E-state index contributed by atoms with van der Waals surface area (Å²) >= 11 is 1.35. The maximum atomic E-state index is 12.3. The minimum absolute atomic E-state index is 0.244. The van der Waals surface area contributed by atoms with E-state index in [0.29, 0.717) is 23.5 Å². The Morgan fingerprint density at radius 3 is 2.62 bits per heavy atom. The molecule has 152 valence electrons. The van der Waals surface area contributed by atoms with Gasteiger partial charge in [-0.2, -0.15) is 0 Å². The van der Waals surface area contributed by atoms with E-state index >= 15 is 0 Å². The number of carbonyl (C=O) groups is 1. The van der Waals surface area contributed by atoms with Gasteiger partial charge in [0.2, 0.25) is 0 Å². The molecule has 0 saturated carbocycles. The van der Waals surface area contributed by atoms with Crippen LogP contribution in [0.25, 0.3) is 17.1 Å². The molecular formula is C22H26N4O2S. The Hall–Kier alpha value is -2.67. The standard InChI is InChI=1S/C22H26N4O2S/c1-5-13-28-21(27)16(4)29-22-25-24-20(17-9-8-12-23-14-17)26(22)19-11-7-6-10-18(19)15(2)3/h6-12,14-16H,5,13H2,1-4H3. The van der Waals surface area contributed by atoms with E-state index in [0.717, 1.165) is 17.7 Å². The number of ether oxygens (including phenoxy) is 1. The van der Waals surface area contributed by atoms with E-state index in [4.69, 9.17) is 4.74 Å². The predicted molar refractivity (Wildman–Crippen MR) is 115 cm³/mol. The van der Waals surface area contributed by atoms with Gasteiger partial charge in [0, 0.05) is 18.0 Å². The van der Waals surface area contributed by atoms with E-state index in [1.54, 1.807) is 12.4 Å². The van der Waals surface area contributed by atoms with Crippen molar-refractivity contribution >= 4 is 17.7 Å². The van der Waals surface area contributed by atoms with Crippen molar-refractivity contribution in [1.29, 1.82) is 0 Å². The number of benzene rings is 1. The van der Waals surface area contributed by atoms with Gasteiger partial charge in [0.05, 0.1) is 12.3 Å². The van der Waals surface area contributed by atoms with Crippen molar-refractivity contribution in [2.75, 3.05) is 6.61 Å². The van der Waals surface area contributed by atoms with Crippen LogP contribution in [0, 0.1) is 0 Å². The Balaban J connectivity index is 2.07. The molecule has 0 bridgehead atoms. The number of hydrogen-bond donors (Lipinski definition) is 0. The minimum Gasteiger partial charge on any atom is -0.465 e. The van der Waals surface area contributed by atoms with E-state index in [2.05, 4.69) is 41.2 Å². The van der Waals surface area contributed by atoms with Crippen LogP contribution in [-0.2, 0) is 9.53 Å². The summed E-state index contributed by atoms with van der Waals surface area (Å²) in [5.74, 6) is 0.773. The van der Waals surface area contributed by atoms with E-state index in [9.17, 15) is 4.79 Å². The van der Waals surface area contributed by atoms with Crippen LogP contribution in [0.5, 0.6) is 0 Å². The molecule has 0 N–H and O–H groups in total. The lowest BCUT2D eigenvalue weighted by molar-refractivity contribution is -0.142. The van der Waals surface area contributed by atoms with Gasteiger partial charge in [-0.1, -0.05) is 50.7 Å².